The van der Waals surface area contributed by atoms with Crippen molar-refractivity contribution in [2.45, 2.75) is 32.5 Å². The maximum absolute atomic E-state index is 13.6. The number of nitrogens with zero attached hydrogens (tertiary/aromatic N) is 2. The number of hydrogen-bond donors (Lipinski definition) is 1. The number of amidine groups is 1. The summed E-state index contributed by atoms with van der Waals surface area (Å²) in [5.41, 5.74) is 4.19. The summed E-state index contributed by atoms with van der Waals surface area (Å²) in [5, 5.41) is 5.46. The van der Waals surface area contributed by atoms with Crippen LogP contribution in [-0.4, -0.2) is 29.1 Å². The number of allylic oxidation sites excluding steroid dienone is 1. The molecule has 0 bridgehead atoms. The quantitative estimate of drug-likeness (QED) is 0.332. The maximum Gasteiger partial charge on any atom is 0.338 e. The largest absolute Gasteiger partial charge is 0.497 e. The first-order chi connectivity index (χ1) is 19.4. The number of benzene rings is 3. The van der Waals surface area contributed by atoms with Gasteiger partial charge in [-0.05, 0) is 53.3 Å². The predicted octanol–water partition coefficient (Wildman–Crippen LogP) is 5.86. The summed E-state index contributed by atoms with van der Waals surface area (Å²) >= 11 is 1.41. The molecule has 0 fully saturated rings. The van der Waals surface area contributed by atoms with Gasteiger partial charge in [0.15, 0.2) is 5.17 Å². The van der Waals surface area contributed by atoms with Crippen LogP contribution in [0.25, 0.3) is 0 Å². The van der Waals surface area contributed by atoms with Gasteiger partial charge in [-0.2, -0.15) is 0 Å². The van der Waals surface area contributed by atoms with Gasteiger partial charge >= 0.3 is 5.97 Å². The SMILES string of the molecule is COc1ccc([C@@H]2C(C(=O)OCc3ccccc3)=C(C)N=C3SC=C(CC(=O)NCc4ccc(F)cc4)N32)cc1. The molecule has 5 rings (SSSR count). The van der Waals surface area contributed by atoms with Gasteiger partial charge in [-0.15, -0.1) is 0 Å². The lowest BCUT2D eigenvalue weighted by Gasteiger charge is -2.36. The van der Waals surface area contributed by atoms with E-state index >= 15 is 0 Å². The molecule has 40 heavy (non-hydrogen) atoms. The number of methoxy groups -OCH3 is 1. The fourth-order valence-electron chi connectivity index (χ4n) is 4.56. The van der Waals surface area contributed by atoms with Crippen molar-refractivity contribution in [1.29, 1.82) is 0 Å². The summed E-state index contributed by atoms with van der Waals surface area (Å²) in [4.78, 5) is 33.2. The zero-order valence-corrected chi connectivity index (χ0v) is 22.9. The van der Waals surface area contributed by atoms with Crippen LogP contribution in [-0.2, 0) is 27.5 Å². The molecule has 1 atom stereocenters. The molecule has 2 heterocycles. The number of carbonyl (C=O) groups excluding carboxylic acids is 2. The maximum atomic E-state index is 13.6. The van der Waals surface area contributed by atoms with E-state index in [0.29, 0.717) is 27.9 Å². The van der Waals surface area contributed by atoms with Crippen LogP contribution < -0.4 is 10.1 Å². The van der Waals surface area contributed by atoms with Gasteiger partial charge in [0.05, 0.1) is 30.8 Å². The minimum atomic E-state index is -0.548. The number of nitrogens with one attached hydrogen (secondary N) is 1. The van der Waals surface area contributed by atoms with Crippen LogP contribution in [0.5, 0.6) is 5.75 Å². The van der Waals surface area contributed by atoms with Crippen LogP contribution in [0.4, 0.5) is 4.39 Å². The average molecular weight is 558 g/mol. The third kappa shape index (κ3) is 6.10. The molecule has 0 aromatic heterocycles. The monoisotopic (exact) mass is 557 g/mol. The smallest absolute Gasteiger partial charge is 0.338 e. The zero-order valence-electron chi connectivity index (χ0n) is 22.1. The molecule has 7 nitrogen and oxygen atoms in total. The van der Waals surface area contributed by atoms with Crippen LogP contribution >= 0.6 is 11.8 Å². The number of halogens is 1. The van der Waals surface area contributed by atoms with E-state index < -0.39 is 12.0 Å². The molecule has 3 aromatic carbocycles. The molecular weight excluding hydrogens is 529 g/mol. The van der Waals surface area contributed by atoms with Crippen LogP contribution in [0.15, 0.2) is 106 Å². The average Bonchev–Trinajstić information content (AvgIpc) is 3.37. The van der Waals surface area contributed by atoms with Crippen LogP contribution in [0.2, 0.25) is 0 Å². The Morgan fingerprint density at radius 1 is 1.00 bits per heavy atom. The molecule has 0 saturated heterocycles. The third-order valence-corrected chi connectivity index (χ3v) is 7.50. The Balaban J connectivity index is 1.39. The van der Waals surface area contributed by atoms with Crippen LogP contribution in [0.1, 0.15) is 36.1 Å². The normalized spacial score (nSPS) is 16.2. The van der Waals surface area contributed by atoms with Crippen molar-refractivity contribution >= 4 is 28.8 Å². The molecule has 3 aromatic rings. The summed E-state index contributed by atoms with van der Waals surface area (Å²) in [6.07, 6.45) is 0.0747. The van der Waals surface area contributed by atoms with Crippen molar-refractivity contribution in [2.75, 3.05) is 7.11 Å². The highest BCUT2D eigenvalue weighted by Crippen LogP contribution is 2.45. The first kappa shape index (κ1) is 27.2. The highest BCUT2D eigenvalue weighted by atomic mass is 32.2. The molecule has 9 heteroatoms. The fourth-order valence-corrected chi connectivity index (χ4v) is 5.53. The number of fused-ring (bicyclic) bond motifs is 1. The van der Waals surface area contributed by atoms with Gasteiger partial charge in [0, 0.05) is 12.2 Å². The molecule has 0 aliphatic carbocycles. The Morgan fingerprint density at radius 2 is 1.73 bits per heavy atom. The fraction of sp³-hybridized carbons (Fsp3) is 0.194. The lowest BCUT2D eigenvalue weighted by molar-refractivity contribution is -0.141. The number of thioether (sulfide) groups is 1. The standard InChI is InChI=1S/C31H28FN3O4S/c1-20-28(30(37)39-18-22-6-4-3-5-7-22)29(23-10-14-26(38-2)15-11-23)35-25(19-40-31(35)34-20)16-27(36)33-17-21-8-12-24(32)13-9-21/h3-15,19,29H,16-18H2,1-2H3,(H,33,36)/t29-/m1/s1. The second-order valence-corrected chi connectivity index (χ2v) is 10.1. The molecule has 1 N–H and O–H groups in total. The number of ether oxygens (including phenoxy) is 2. The van der Waals surface area contributed by atoms with E-state index in [4.69, 9.17) is 14.5 Å². The highest BCUT2D eigenvalue weighted by Gasteiger charge is 2.41. The second kappa shape index (κ2) is 12.2. The number of aliphatic imine (C=N–C) groups is 1. The van der Waals surface area contributed by atoms with E-state index in [1.807, 2.05) is 64.9 Å². The van der Waals surface area contributed by atoms with E-state index in [1.54, 1.807) is 26.2 Å². The molecular formula is C31H28FN3O4S. The van der Waals surface area contributed by atoms with E-state index in [0.717, 1.165) is 16.7 Å². The van der Waals surface area contributed by atoms with E-state index in [-0.39, 0.29) is 31.3 Å². The van der Waals surface area contributed by atoms with Gasteiger partial charge in [0.1, 0.15) is 18.2 Å². The second-order valence-electron chi connectivity index (χ2n) is 9.31. The highest BCUT2D eigenvalue weighted by molar-refractivity contribution is 8.16. The van der Waals surface area contributed by atoms with Crippen molar-refractivity contribution in [3.05, 3.63) is 124 Å². The Morgan fingerprint density at radius 3 is 2.42 bits per heavy atom. The molecule has 0 saturated carbocycles. The minimum Gasteiger partial charge on any atom is -0.497 e. The van der Waals surface area contributed by atoms with Gasteiger partial charge in [-0.1, -0.05) is 66.4 Å². The van der Waals surface area contributed by atoms with Gasteiger partial charge < -0.3 is 19.7 Å². The summed E-state index contributed by atoms with van der Waals surface area (Å²) < 4.78 is 24.3. The lowest BCUT2D eigenvalue weighted by atomic mass is 9.93. The summed E-state index contributed by atoms with van der Waals surface area (Å²) in [5.74, 6) is -0.312. The third-order valence-electron chi connectivity index (χ3n) is 6.61. The number of rotatable bonds is 9. The summed E-state index contributed by atoms with van der Waals surface area (Å²) in [6.45, 7) is 2.21. The van der Waals surface area contributed by atoms with E-state index in [9.17, 15) is 14.0 Å². The Kier molecular flexibility index (Phi) is 8.31. The topological polar surface area (TPSA) is 80.2 Å². The van der Waals surface area contributed by atoms with Crippen molar-refractivity contribution in [3.63, 3.8) is 0 Å². The Bertz CT molecular complexity index is 1490. The Hall–Kier alpha value is -4.37. The molecule has 2 aliphatic heterocycles. The van der Waals surface area contributed by atoms with Gasteiger partial charge in [-0.25, -0.2) is 14.2 Å². The molecule has 2 aliphatic rings. The van der Waals surface area contributed by atoms with Crippen molar-refractivity contribution in [3.8, 4) is 5.75 Å². The predicted molar refractivity (Wildman–Crippen MR) is 152 cm³/mol. The number of amides is 1. The minimum absolute atomic E-state index is 0.0747. The first-order valence-corrected chi connectivity index (χ1v) is 13.6. The van der Waals surface area contributed by atoms with Crippen molar-refractivity contribution < 1.29 is 23.5 Å². The number of hydrogen-bond acceptors (Lipinski definition) is 7. The molecule has 204 valence electrons. The molecule has 0 spiro atoms. The number of esters is 1. The molecule has 0 unspecified atom stereocenters. The van der Waals surface area contributed by atoms with E-state index in [1.165, 1.54) is 23.9 Å². The number of carbonyl (C=O) groups is 2. The molecule has 1 amide bonds. The van der Waals surface area contributed by atoms with Gasteiger partial charge in [0.2, 0.25) is 5.91 Å². The van der Waals surface area contributed by atoms with Gasteiger partial charge in [0.25, 0.3) is 0 Å². The zero-order chi connectivity index (χ0) is 28.1. The van der Waals surface area contributed by atoms with Gasteiger partial charge in [-0.3, -0.25) is 4.79 Å². The Labute approximate surface area is 236 Å². The van der Waals surface area contributed by atoms with Crippen molar-refractivity contribution in [1.82, 2.24) is 10.2 Å². The van der Waals surface area contributed by atoms with Crippen LogP contribution in [0, 0.1) is 5.82 Å². The van der Waals surface area contributed by atoms with E-state index in [2.05, 4.69) is 5.32 Å². The first-order valence-electron chi connectivity index (χ1n) is 12.7. The summed E-state index contributed by atoms with van der Waals surface area (Å²) in [7, 11) is 1.60. The van der Waals surface area contributed by atoms with Crippen LogP contribution in [0.3, 0.4) is 0 Å². The lowest BCUT2D eigenvalue weighted by Crippen LogP contribution is -2.38. The molecule has 0 radical (unpaired) electrons. The summed E-state index contributed by atoms with van der Waals surface area (Å²) in [6, 6.07) is 22.4. The van der Waals surface area contributed by atoms with Crippen molar-refractivity contribution in [2.24, 2.45) is 4.99 Å².